The highest BCUT2D eigenvalue weighted by molar-refractivity contribution is 5.89. The quantitative estimate of drug-likeness (QED) is 0.748. The van der Waals surface area contributed by atoms with Crippen LogP contribution in [0.4, 0.5) is 4.39 Å². The van der Waals surface area contributed by atoms with Crippen LogP contribution in [0, 0.1) is 11.7 Å². The first-order valence-corrected chi connectivity index (χ1v) is 8.92. The highest BCUT2D eigenvalue weighted by Gasteiger charge is 2.32. The summed E-state index contributed by atoms with van der Waals surface area (Å²) >= 11 is 0. The molecule has 1 atom stereocenters. The van der Waals surface area contributed by atoms with Gasteiger partial charge in [-0.05, 0) is 23.3 Å². The number of aliphatic hydroxyl groups excluding tert-OH is 1. The molecule has 0 bridgehead atoms. The third-order valence-electron chi connectivity index (χ3n) is 4.13. The summed E-state index contributed by atoms with van der Waals surface area (Å²) in [6.07, 6.45) is 0. The van der Waals surface area contributed by atoms with Gasteiger partial charge in [0.25, 0.3) is 0 Å². The maximum atomic E-state index is 13.2. The normalized spacial score (nSPS) is 11.9. The van der Waals surface area contributed by atoms with E-state index in [9.17, 15) is 14.0 Å². The molecule has 0 spiro atoms. The van der Waals surface area contributed by atoms with Crippen LogP contribution in [-0.4, -0.2) is 35.0 Å². The number of amides is 2. The van der Waals surface area contributed by atoms with Crippen LogP contribution in [0.2, 0.25) is 0 Å². The van der Waals surface area contributed by atoms with E-state index in [2.05, 4.69) is 5.32 Å². The molecule has 27 heavy (non-hydrogen) atoms. The van der Waals surface area contributed by atoms with Crippen molar-refractivity contribution >= 4 is 11.8 Å². The van der Waals surface area contributed by atoms with Crippen molar-refractivity contribution in [3.63, 3.8) is 0 Å². The molecule has 0 aliphatic carbocycles. The molecule has 5 nitrogen and oxygen atoms in total. The molecule has 2 aromatic rings. The van der Waals surface area contributed by atoms with E-state index < -0.39 is 6.04 Å². The van der Waals surface area contributed by atoms with Crippen LogP contribution in [0.3, 0.4) is 0 Å². The first-order valence-electron chi connectivity index (χ1n) is 8.92. The zero-order valence-corrected chi connectivity index (χ0v) is 15.6. The minimum atomic E-state index is -0.849. The lowest BCUT2D eigenvalue weighted by atomic mass is 10.0. The van der Waals surface area contributed by atoms with E-state index in [1.807, 2.05) is 6.07 Å². The number of carbonyl (C=O) groups is 2. The van der Waals surface area contributed by atoms with Gasteiger partial charge in [-0.3, -0.25) is 9.59 Å². The van der Waals surface area contributed by atoms with E-state index in [1.54, 1.807) is 50.2 Å². The van der Waals surface area contributed by atoms with Crippen molar-refractivity contribution in [1.82, 2.24) is 10.2 Å². The van der Waals surface area contributed by atoms with E-state index in [0.717, 1.165) is 5.56 Å². The van der Waals surface area contributed by atoms with Crippen LogP contribution in [0.25, 0.3) is 0 Å². The van der Waals surface area contributed by atoms with E-state index in [4.69, 9.17) is 5.11 Å². The number of aliphatic hydroxyl groups is 1. The molecule has 2 amide bonds. The van der Waals surface area contributed by atoms with Crippen LogP contribution >= 0.6 is 0 Å². The fraction of sp³-hybridized carbons (Fsp3) is 0.333. The zero-order valence-electron chi connectivity index (χ0n) is 15.6. The molecule has 144 valence electrons. The molecule has 0 saturated carbocycles. The van der Waals surface area contributed by atoms with Gasteiger partial charge < -0.3 is 15.3 Å². The Kier molecular flexibility index (Phi) is 7.49. The second-order valence-corrected chi connectivity index (χ2v) is 6.58. The summed E-state index contributed by atoms with van der Waals surface area (Å²) in [4.78, 5) is 27.3. The highest BCUT2D eigenvalue weighted by atomic mass is 19.1. The third kappa shape index (κ3) is 5.62. The average molecular weight is 372 g/mol. The number of nitrogens with one attached hydrogen (secondary N) is 1. The molecular weight excluding hydrogens is 347 g/mol. The molecule has 2 aromatic carbocycles. The van der Waals surface area contributed by atoms with Crippen molar-refractivity contribution in [3.05, 3.63) is 71.5 Å². The second-order valence-electron chi connectivity index (χ2n) is 6.58. The lowest BCUT2D eigenvalue weighted by molar-refractivity contribution is -0.144. The number of rotatable bonds is 8. The summed E-state index contributed by atoms with van der Waals surface area (Å²) in [5.74, 6) is -1.23. The smallest absolute Gasteiger partial charge is 0.247 e. The first-order chi connectivity index (χ1) is 12.9. The summed E-state index contributed by atoms with van der Waals surface area (Å²) in [7, 11) is 0. The molecule has 0 unspecified atom stereocenters. The maximum absolute atomic E-state index is 13.2. The molecule has 2 N–H and O–H groups in total. The van der Waals surface area contributed by atoms with Gasteiger partial charge in [0, 0.05) is 19.0 Å². The van der Waals surface area contributed by atoms with Gasteiger partial charge in [0.15, 0.2) is 0 Å². The molecule has 6 heteroatoms. The number of hydrogen-bond donors (Lipinski definition) is 2. The van der Waals surface area contributed by atoms with Crippen molar-refractivity contribution in [1.29, 1.82) is 0 Å². The van der Waals surface area contributed by atoms with Gasteiger partial charge >= 0.3 is 0 Å². The largest absolute Gasteiger partial charge is 0.395 e. The molecule has 0 heterocycles. The first kappa shape index (κ1) is 20.6. The van der Waals surface area contributed by atoms with Gasteiger partial charge in [-0.2, -0.15) is 0 Å². The van der Waals surface area contributed by atoms with Crippen molar-refractivity contribution in [2.45, 2.75) is 26.4 Å². The summed E-state index contributed by atoms with van der Waals surface area (Å²) in [5.41, 5.74) is 1.39. The van der Waals surface area contributed by atoms with Crippen molar-refractivity contribution < 1.29 is 19.1 Å². The Morgan fingerprint density at radius 1 is 1.07 bits per heavy atom. The van der Waals surface area contributed by atoms with Gasteiger partial charge in [0.2, 0.25) is 11.8 Å². The maximum Gasteiger partial charge on any atom is 0.247 e. The number of halogens is 1. The van der Waals surface area contributed by atoms with E-state index >= 15 is 0 Å². The molecular formula is C21H25FN2O3. The zero-order chi connectivity index (χ0) is 19.8. The Morgan fingerprint density at radius 2 is 1.70 bits per heavy atom. The SMILES string of the molecule is CC(C)C(=O)N(Cc1ccc(F)cc1)[C@@H](C(=O)NCCO)c1ccccc1. The molecule has 0 aliphatic heterocycles. The second kappa shape index (κ2) is 9.83. The minimum absolute atomic E-state index is 0.0996. The van der Waals surface area contributed by atoms with Gasteiger partial charge in [-0.15, -0.1) is 0 Å². The van der Waals surface area contributed by atoms with Crippen LogP contribution in [0.5, 0.6) is 0 Å². The van der Waals surface area contributed by atoms with Crippen LogP contribution in [0.1, 0.15) is 31.0 Å². The summed E-state index contributed by atoms with van der Waals surface area (Å²) in [6, 6.07) is 14.0. The lowest BCUT2D eigenvalue weighted by Gasteiger charge is -2.33. The number of benzene rings is 2. The fourth-order valence-electron chi connectivity index (χ4n) is 2.80. The predicted molar refractivity (Wildman–Crippen MR) is 101 cm³/mol. The lowest BCUT2D eigenvalue weighted by Crippen LogP contribution is -2.45. The van der Waals surface area contributed by atoms with Crippen LogP contribution in [-0.2, 0) is 16.1 Å². The topological polar surface area (TPSA) is 69.6 Å². The molecule has 2 rings (SSSR count). The standard InChI is InChI=1S/C21H25FN2O3/c1-15(2)21(27)24(14-16-8-10-18(22)11-9-16)19(20(26)23-12-13-25)17-6-4-3-5-7-17/h3-11,15,19,25H,12-14H2,1-2H3,(H,23,26)/t19-/m1/s1. The monoisotopic (exact) mass is 372 g/mol. The molecule has 0 saturated heterocycles. The van der Waals surface area contributed by atoms with Crippen molar-refractivity contribution in [3.8, 4) is 0 Å². The van der Waals surface area contributed by atoms with Crippen molar-refractivity contribution in [2.75, 3.05) is 13.2 Å². The minimum Gasteiger partial charge on any atom is -0.395 e. The highest BCUT2D eigenvalue weighted by Crippen LogP contribution is 2.25. The summed E-state index contributed by atoms with van der Waals surface area (Å²) < 4.78 is 13.2. The van der Waals surface area contributed by atoms with Gasteiger partial charge in [-0.1, -0.05) is 56.3 Å². The molecule has 0 radical (unpaired) electrons. The third-order valence-corrected chi connectivity index (χ3v) is 4.13. The number of nitrogens with zero attached hydrogens (tertiary/aromatic N) is 1. The Balaban J connectivity index is 2.43. The fourth-order valence-corrected chi connectivity index (χ4v) is 2.80. The molecule has 0 aromatic heterocycles. The molecule has 0 fully saturated rings. The van der Waals surface area contributed by atoms with Gasteiger partial charge in [0.05, 0.1) is 6.61 Å². The Labute approximate surface area is 158 Å². The van der Waals surface area contributed by atoms with Crippen molar-refractivity contribution in [2.24, 2.45) is 5.92 Å². The summed E-state index contributed by atoms with van der Waals surface area (Å²) in [5, 5.41) is 11.7. The Morgan fingerprint density at radius 3 is 2.26 bits per heavy atom. The van der Waals surface area contributed by atoms with Crippen LogP contribution < -0.4 is 5.32 Å². The molecule has 0 aliphatic rings. The Hall–Kier alpha value is -2.73. The van der Waals surface area contributed by atoms with E-state index in [1.165, 1.54) is 17.0 Å². The van der Waals surface area contributed by atoms with E-state index in [0.29, 0.717) is 5.56 Å². The number of hydrogen-bond acceptors (Lipinski definition) is 3. The van der Waals surface area contributed by atoms with Gasteiger partial charge in [0.1, 0.15) is 11.9 Å². The van der Waals surface area contributed by atoms with E-state index in [-0.39, 0.29) is 43.2 Å². The van der Waals surface area contributed by atoms with Crippen LogP contribution in [0.15, 0.2) is 54.6 Å². The summed E-state index contributed by atoms with van der Waals surface area (Å²) in [6.45, 7) is 3.62. The Bertz CT molecular complexity index is 748. The van der Waals surface area contributed by atoms with Gasteiger partial charge in [-0.25, -0.2) is 4.39 Å². The predicted octanol–water partition coefficient (Wildman–Crippen LogP) is 2.66. The number of carbonyl (C=O) groups excluding carboxylic acids is 2. The average Bonchev–Trinajstić information content (AvgIpc) is 2.67.